The highest BCUT2D eigenvalue weighted by molar-refractivity contribution is 7.22. The number of hydrogen-bond acceptors (Lipinski definition) is 6. The Balaban J connectivity index is 1.96. The number of thiazole rings is 1. The molecule has 0 aliphatic rings. The van der Waals surface area contributed by atoms with E-state index in [0.717, 1.165) is 16.0 Å². The molecule has 0 N–H and O–H groups in total. The molecule has 0 aliphatic carbocycles. The van der Waals surface area contributed by atoms with Gasteiger partial charge in [0.2, 0.25) is 11.0 Å². The Labute approximate surface area is 130 Å². The van der Waals surface area contributed by atoms with Crippen LogP contribution < -0.4 is 9.75 Å². The second-order valence-corrected chi connectivity index (χ2v) is 5.43. The Morgan fingerprint density at radius 2 is 2.32 bits per heavy atom. The normalized spacial score (nSPS) is 11.2. The molecule has 0 aliphatic heterocycles. The van der Waals surface area contributed by atoms with E-state index in [9.17, 15) is 4.79 Å². The lowest BCUT2D eigenvalue weighted by Crippen LogP contribution is -2.22. The molecule has 2 aromatic heterocycles. The average molecular weight is 315 g/mol. The number of fused-ring (bicyclic) bond motifs is 1. The van der Waals surface area contributed by atoms with Crippen LogP contribution in [0.5, 0.6) is 5.75 Å². The summed E-state index contributed by atoms with van der Waals surface area (Å²) in [5.74, 6) is 1.08. The van der Waals surface area contributed by atoms with Gasteiger partial charge in [-0.2, -0.15) is 10.1 Å². The number of furan rings is 1. The number of ether oxygens (including phenoxy) is 1. The van der Waals surface area contributed by atoms with Crippen molar-refractivity contribution in [2.75, 3.05) is 12.1 Å². The van der Waals surface area contributed by atoms with Crippen LogP contribution in [0.1, 0.15) is 12.7 Å². The van der Waals surface area contributed by atoms with Gasteiger partial charge in [-0.3, -0.25) is 4.79 Å². The fourth-order valence-electron chi connectivity index (χ4n) is 1.86. The number of methoxy groups -OCH3 is 1. The van der Waals surface area contributed by atoms with E-state index >= 15 is 0 Å². The first-order valence-electron chi connectivity index (χ1n) is 6.50. The minimum absolute atomic E-state index is 0.228. The van der Waals surface area contributed by atoms with E-state index in [0.29, 0.717) is 10.9 Å². The van der Waals surface area contributed by atoms with Gasteiger partial charge in [0.1, 0.15) is 11.5 Å². The van der Waals surface area contributed by atoms with Crippen LogP contribution in [0.15, 0.2) is 46.1 Å². The van der Waals surface area contributed by atoms with Crippen LogP contribution in [0.2, 0.25) is 0 Å². The number of benzene rings is 1. The maximum atomic E-state index is 11.8. The first kappa shape index (κ1) is 14.3. The standard InChI is InChI=1S/C15H13N3O3S/c1-10(19)18(16-9-12-4-3-7-21-12)15-17-13-6-5-11(20-2)8-14(13)22-15/h3-9H,1-2H3/b16-9+. The Morgan fingerprint density at radius 1 is 1.45 bits per heavy atom. The molecule has 0 atom stereocenters. The number of hydrogen-bond donors (Lipinski definition) is 0. The molecule has 0 fully saturated rings. The summed E-state index contributed by atoms with van der Waals surface area (Å²) in [7, 11) is 1.61. The van der Waals surface area contributed by atoms with E-state index in [1.54, 1.807) is 25.5 Å². The summed E-state index contributed by atoms with van der Waals surface area (Å²) in [6.07, 6.45) is 3.03. The number of carbonyl (C=O) groups is 1. The van der Waals surface area contributed by atoms with Crippen LogP contribution in [-0.4, -0.2) is 24.2 Å². The molecule has 0 saturated heterocycles. The second kappa shape index (κ2) is 5.98. The number of anilines is 1. The van der Waals surface area contributed by atoms with Gasteiger partial charge in [0.25, 0.3) is 0 Å². The Hall–Kier alpha value is -2.67. The lowest BCUT2D eigenvalue weighted by molar-refractivity contribution is -0.116. The van der Waals surface area contributed by atoms with Crippen LogP contribution >= 0.6 is 11.3 Å². The molecule has 3 rings (SSSR count). The predicted molar refractivity (Wildman–Crippen MR) is 85.6 cm³/mol. The van der Waals surface area contributed by atoms with Crippen molar-refractivity contribution in [1.29, 1.82) is 0 Å². The Morgan fingerprint density at radius 3 is 3.00 bits per heavy atom. The Bertz CT molecular complexity index is 824. The molecule has 0 spiro atoms. The first-order valence-corrected chi connectivity index (χ1v) is 7.32. The zero-order valence-electron chi connectivity index (χ0n) is 12.0. The quantitative estimate of drug-likeness (QED) is 0.547. The van der Waals surface area contributed by atoms with Crippen LogP contribution in [0, 0.1) is 0 Å². The van der Waals surface area contributed by atoms with Crippen molar-refractivity contribution >= 4 is 38.8 Å². The van der Waals surface area contributed by atoms with Crippen LogP contribution in [0.4, 0.5) is 5.13 Å². The van der Waals surface area contributed by atoms with Gasteiger partial charge in [0, 0.05) is 6.92 Å². The number of hydrazone groups is 1. The summed E-state index contributed by atoms with van der Waals surface area (Å²) < 4.78 is 11.3. The molecule has 0 saturated carbocycles. The average Bonchev–Trinajstić information content (AvgIpc) is 3.15. The maximum absolute atomic E-state index is 11.8. The van der Waals surface area contributed by atoms with Crippen molar-refractivity contribution in [2.24, 2.45) is 5.10 Å². The molecule has 112 valence electrons. The molecule has 0 bridgehead atoms. The molecule has 1 aromatic carbocycles. The molecule has 6 nitrogen and oxygen atoms in total. The van der Waals surface area contributed by atoms with Crippen molar-refractivity contribution in [3.05, 3.63) is 42.4 Å². The molecular weight excluding hydrogens is 302 g/mol. The van der Waals surface area contributed by atoms with Crippen molar-refractivity contribution in [3.63, 3.8) is 0 Å². The van der Waals surface area contributed by atoms with Gasteiger partial charge >= 0.3 is 0 Å². The van der Waals surface area contributed by atoms with Crippen molar-refractivity contribution in [2.45, 2.75) is 6.92 Å². The molecule has 3 aromatic rings. The maximum Gasteiger partial charge on any atom is 0.246 e. The highest BCUT2D eigenvalue weighted by Gasteiger charge is 2.15. The minimum atomic E-state index is -0.228. The smallest absolute Gasteiger partial charge is 0.246 e. The van der Waals surface area contributed by atoms with Crippen LogP contribution in [0.25, 0.3) is 10.2 Å². The van der Waals surface area contributed by atoms with Crippen molar-refractivity contribution < 1.29 is 13.9 Å². The number of carbonyl (C=O) groups excluding carboxylic acids is 1. The van der Waals surface area contributed by atoms with E-state index < -0.39 is 0 Å². The van der Waals surface area contributed by atoms with E-state index in [2.05, 4.69) is 10.1 Å². The monoisotopic (exact) mass is 315 g/mol. The summed E-state index contributed by atoms with van der Waals surface area (Å²) >= 11 is 1.37. The molecule has 2 heterocycles. The van der Waals surface area contributed by atoms with Gasteiger partial charge in [-0.05, 0) is 30.3 Å². The molecule has 0 radical (unpaired) electrons. The van der Waals surface area contributed by atoms with Crippen LogP contribution in [-0.2, 0) is 4.79 Å². The second-order valence-electron chi connectivity index (χ2n) is 4.42. The number of aromatic nitrogens is 1. The van der Waals surface area contributed by atoms with E-state index in [1.807, 2.05) is 18.2 Å². The molecular formula is C15H13N3O3S. The van der Waals surface area contributed by atoms with Crippen molar-refractivity contribution in [3.8, 4) is 5.75 Å². The third-order valence-electron chi connectivity index (χ3n) is 2.91. The minimum Gasteiger partial charge on any atom is -0.497 e. The van der Waals surface area contributed by atoms with E-state index in [1.165, 1.54) is 29.5 Å². The first-order chi connectivity index (χ1) is 10.7. The van der Waals surface area contributed by atoms with E-state index in [-0.39, 0.29) is 5.91 Å². The fraction of sp³-hybridized carbons (Fsp3) is 0.133. The fourth-order valence-corrected chi connectivity index (χ4v) is 2.85. The molecule has 7 heteroatoms. The predicted octanol–water partition coefficient (Wildman–Crippen LogP) is 3.28. The molecule has 0 unspecified atom stereocenters. The van der Waals surface area contributed by atoms with Gasteiger partial charge in [-0.1, -0.05) is 11.3 Å². The van der Waals surface area contributed by atoms with Crippen LogP contribution in [0.3, 0.4) is 0 Å². The van der Waals surface area contributed by atoms with Gasteiger partial charge in [-0.25, -0.2) is 4.98 Å². The summed E-state index contributed by atoms with van der Waals surface area (Å²) in [5.41, 5.74) is 0.792. The number of nitrogens with zero attached hydrogens (tertiary/aromatic N) is 3. The summed E-state index contributed by atoms with van der Waals surface area (Å²) in [5, 5.41) is 5.90. The highest BCUT2D eigenvalue weighted by atomic mass is 32.1. The summed E-state index contributed by atoms with van der Waals surface area (Å²) in [6.45, 7) is 1.44. The highest BCUT2D eigenvalue weighted by Crippen LogP contribution is 2.31. The largest absolute Gasteiger partial charge is 0.497 e. The SMILES string of the molecule is COc1ccc2nc(N(/N=C/c3ccco3)C(C)=O)sc2c1. The number of rotatable bonds is 4. The Kier molecular flexibility index (Phi) is 3.88. The van der Waals surface area contributed by atoms with Crippen molar-refractivity contribution in [1.82, 2.24) is 4.98 Å². The lowest BCUT2D eigenvalue weighted by Gasteiger charge is -2.09. The summed E-state index contributed by atoms with van der Waals surface area (Å²) in [4.78, 5) is 16.3. The third-order valence-corrected chi connectivity index (χ3v) is 3.90. The van der Waals surface area contributed by atoms with E-state index in [4.69, 9.17) is 9.15 Å². The lowest BCUT2D eigenvalue weighted by atomic mass is 10.3. The molecule has 1 amide bonds. The van der Waals surface area contributed by atoms with Gasteiger partial charge in [-0.15, -0.1) is 0 Å². The number of amides is 1. The zero-order chi connectivity index (χ0) is 15.5. The third kappa shape index (κ3) is 2.84. The summed E-state index contributed by atoms with van der Waals surface area (Å²) in [6, 6.07) is 9.07. The zero-order valence-corrected chi connectivity index (χ0v) is 12.8. The van der Waals surface area contributed by atoms with Gasteiger partial charge in [0.05, 0.1) is 29.8 Å². The molecule has 22 heavy (non-hydrogen) atoms. The van der Waals surface area contributed by atoms with Gasteiger partial charge < -0.3 is 9.15 Å². The topological polar surface area (TPSA) is 67.9 Å². The van der Waals surface area contributed by atoms with Gasteiger partial charge in [0.15, 0.2) is 0 Å².